The molecular weight excluding hydrogens is 250 g/mol. The summed E-state index contributed by atoms with van der Waals surface area (Å²) in [4.78, 5) is 12.6. The molecule has 1 unspecified atom stereocenters. The molecule has 0 saturated carbocycles. The van der Waals surface area contributed by atoms with E-state index in [1.165, 1.54) is 17.9 Å². The van der Waals surface area contributed by atoms with Crippen molar-refractivity contribution < 1.29 is 4.79 Å². The summed E-state index contributed by atoms with van der Waals surface area (Å²) in [5, 5.41) is 3.02. The number of rotatable bonds is 4. The van der Waals surface area contributed by atoms with Gasteiger partial charge in [-0.3, -0.25) is 4.79 Å². The van der Waals surface area contributed by atoms with Gasteiger partial charge in [0.15, 0.2) is 0 Å². The minimum Gasteiger partial charge on any atom is -0.356 e. The molecular formula is C13H17NOS2. The van der Waals surface area contributed by atoms with Crippen molar-refractivity contribution in [2.24, 2.45) is 5.92 Å². The molecule has 0 spiro atoms. The van der Waals surface area contributed by atoms with Gasteiger partial charge in [-0.1, -0.05) is 12.1 Å². The third kappa shape index (κ3) is 4.28. The van der Waals surface area contributed by atoms with E-state index in [0.29, 0.717) is 12.3 Å². The van der Waals surface area contributed by atoms with Crippen molar-refractivity contribution in [3.63, 3.8) is 0 Å². The number of hydrogen-bond acceptors (Lipinski definition) is 3. The molecule has 1 atom stereocenters. The minimum absolute atomic E-state index is 0.119. The van der Waals surface area contributed by atoms with Crippen molar-refractivity contribution in [1.29, 1.82) is 0 Å². The van der Waals surface area contributed by atoms with E-state index in [-0.39, 0.29) is 5.91 Å². The average Bonchev–Trinajstić information content (AvgIpc) is 2.83. The van der Waals surface area contributed by atoms with E-state index < -0.39 is 0 Å². The average molecular weight is 267 g/mol. The van der Waals surface area contributed by atoms with Crippen LogP contribution in [0.4, 0.5) is 0 Å². The van der Waals surface area contributed by atoms with Crippen molar-refractivity contribution in [3.8, 4) is 0 Å². The number of amides is 1. The summed E-state index contributed by atoms with van der Waals surface area (Å²) in [6, 6.07) is 7.74. The van der Waals surface area contributed by atoms with Crippen molar-refractivity contribution in [3.05, 3.63) is 29.8 Å². The van der Waals surface area contributed by atoms with E-state index in [1.54, 1.807) is 0 Å². The fourth-order valence-electron chi connectivity index (χ4n) is 1.86. The summed E-state index contributed by atoms with van der Waals surface area (Å²) in [6.45, 7) is 0.830. The molecule has 92 valence electrons. The summed E-state index contributed by atoms with van der Waals surface area (Å²) >= 11 is 6.20. The maximum atomic E-state index is 11.7. The SMILES string of the molecule is O=C(Cc1ccc(S)cc1)NCC1CCSC1. The predicted molar refractivity (Wildman–Crippen MR) is 75.8 cm³/mol. The first-order valence-electron chi connectivity index (χ1n) is 5.86. The van der Waals surface area contributed by atoms with Crippen molar-refractivity contribution in [1.82, 2.24) is 5.32 Å². The van der Waals surface area contributed by atoms with Gasteiger partial charge in [-0.05, 0) is 41.5 Å². The summed E-state index contributed by atoms with van der Waals surface area (Å²) in [7, 11) is 0. The number of thioether (sulfide) groups is 1. The molecule has 0 aliphatic carbocycles. The lowest BCUT2D eigenvalue weighted by atomic mass is 10.1. The van der Waals surface area contributed by atoms with Gasteiger partial charge in [-0.15, -0.1) is 12.6 Å². The quantitative estimate of drug-likeness (QED) is 0.820. The van der Waals surface area contributed by atoms with E-state index >= 15 is 0 Å². The Morgan fingerprint density at radius 3 is 2.82 bits per heavy atom. The zero-order valence-corrected chi connectivity index (χ0v) is 11.4. The molecule has 4 heteroatoms. The van der Waals surface area contributed by atoms with Gasteiger partial charge in [0.2, 0.25) is 5.91 Å². The number of nitrogens with one attached hydrogen (secondary N) is 1. The Labute approximate surface area is 112 Å². The first-order chi connectivity index (χ1) is 8.24. The molecule has 0 aromatic heterocycles. The highest BCUT2D eigenvalue weighted by atomic mass is 32.2. The maximum absolute atomic E-state index is 11.7. The first-order valence-corrected chi connectivity index (χ1v) is 7.46. The Morgan fingerprint density at radius 2 is 2.18 bits per heavy atom. The van der Waals surface area contributed by atoms with Gasteiger partial charge < -0.3 is 5.32 Å². The van der Waals surface area contributed by atoms with Gasteiger partial charge >= 0.3 is 0 Å². The van der Waals surface area contributed by atoms with Crippen LogP contribution in [-0.4, -0.2) is 24.0 Å². The predicted octanol–water partition coefficient (Wildman–Crippen LogP) is 2.39. The van der Waals surface area contributed by atoms with Crippen LogP contribution in [0.2, 0.25) is 0 Å². The zero-order chi connectivity index (χ0) is 12.1. The molecule has 1 heterocycles. The smallest absolute Gasteiger partial charge is 0.224 e. The number of carbonyl (C=O) groups excluding carboxylic acids is 1. The van der Waals surface area contributed by atoms with Crippen LogP contribution >= 0.6 is 24.4 Å². The fourth-order valence-corrected chi connectivity index (χ4v) is 3.30. The summed E-state index contributed by atoms with van der Waals surface area (Å²) in [6.07, 6.45) is 1.70. The normalized spacial score (nSPS) is 19.2. The number of thiol groups is 1. The molecule has 2 nitrogen and oxygen atoms in total. The van der Waals surface area contributed by atoms with Crippen LogP contribution in [0, 0.1) is 5.92 Å². The van der Waals surface area contributed by atoms with Crippen molar-refractivity contribution in [2.75, 3.05) is 18.1 Å². The Hall–Kier alpha value is -0.610. The third-order valence-electron chi connectivity index (χ3n) is 2.91. The summed E-state index contributed by atoms with van der Waals surface area (Å²) in [5.74, 6) is 3.22. The second kappa shape index (κ2) is 6.36. The molecule has 2 rings (SSSR count). The molecule has 1 fully saturated rings. The van der Waals surface area contributed by atoms with Gasteiger partial charge in [0, 0.05) is 11.4 Å². The first kappa shape index (κ1) is 12.8. The van der Waals surface area contributed by atoms with Crippen LogP contribution in [0.1, 0.15) is 12.0 Å². The fraction of sp³-hybridized carbons (Fsp3) is 0.462. The molecule has 0 bridgehead atoms. The van der Waals surface area contributed by atoms with Crippen LogP contribution in [-0.2, 0) is 11.2 Å². The van der Waals surface area contributed by atoms with Crippen LogP contribution in [0.25, 0.3) is 0 Å². The maximum Gasteiger partial charge on any atom is 0.224 e. The number of hydrogen-bond donors (Lipinski definition) is 2. The molecule has 1 aromatic carbocycles. The van der Waals surface area contributed by atoms with Gasteiger partial charge in [0.25, 0.3) is 0 Å². The van der Waals surface area contributed by atoms with Gasteiger partial charge in [0.05, 0.1) is 6.42 Å². The lowest BCUT2D eigenvalue weighted by Crippen LogP contribution is -2.30. The Kier molecular flexibility index (Phi) is 4.80. The van der Waals surface area contributed by atoms with Crippen LogP contribution < -0.4 is 5.32 Å². The van der Waals surface area contributed by atoms with E-state index in [1.807, 2.05) is 36.0 Å². The molecule has 1 amide bonds. The lowest BCUT2D eigenvalue weighted by molar-refractivity contribution is -0.120. The second-order valence-electron chi connectivity index (χ2n) is 4.38. The second-order valence-corrected chi connectivity index (χ2v) is 6.04. The van der Waals surface area contributed by atoms with Gasteiger partial charge in [-0.25, -0.2) is 0 Å². The summed E-state index contributed by atoms with van der Waals surface area (Å²) in [5.41, 5.74) is 1.04. The van der Waals surface area contributed by atoms with Crippen LogP contribution in [0.3, 0.4) is 0 Å². The van der Waals surface area contributed by atoms with Gasteiger partial charge in [-0.2, -0.15) is 11.8 Å². The van der Waals surface area contributed by atoms with E-state index in [9.17, 15) is 4.79 Å². The molecule has 1 aliphatic rings. The number of benzene rings is 1. The highest BCUT2D eigenvalue weighted by molar-refractivity contribution is 7.99. The van der Waals surface area contributed by atoms with E-state index in [0.717, 1.165) is 17.0 Å². The molecule has 1 aliphatic heterocycles. The zero-order valence-electron chi connectivity index (χ0n) is 9.69. The Bertz CT molecular complexity index is 372. The largest absolute Gasteiger partial charge is 0.356 e. The highest BCUT2D eigenvalue weighted by Gasteiger charge is 2.15. The topological polar surface area (TPSA) is 29.1 Å². The molecule has 17 heavy (non-hydrogen) atoms. The third-order valence-corrected chi connectivity index (χ3v) is 4.44. The number of carbonyl (C=O) groups is 1. The molecule has 1 aromatic rings. The monoisotopic (exact) mass is 267 g/mol. The summed E-state index contributed by atoms with van der Waals surface area (Å²) < 4.78 is 0. The highest BCUT2D eigenvalue weighted by Crippen LogP contribution is 2.22. The van der Waals surface area contributed by atoms with Crippen LogP contribution in [0.5, 0.6) is 0 Å². The minimum atomic E-state index is 0.119. The van der Waals surface area contributed by atoms with Crippen LogP contribution in [0.15, 0.2) is 29.2 Å². The van der Waals surface area contributed by atoms with E-state index in [2.05, 4.69) is 17.9 Å². The lowest BCUT2D eigenvalue weighted by Gasteiger charge is -2.10. The molecule has 0 radical (unpaired) electrons. The molecule has 1 saturated heterocycles. The van der Waals surface area contributed by atoms with Crippen molar-refractivity contribution in [2.45, 2.75) is 17.7 Å². The standard InChI is InChI=1S/C13H17NOS2/c15-13(14-8-11-5-6-17-9-11)7-10-1-3-12(16)4-2-10/h1-4,11,16H,5-9H2,(H,14,15). The van der Waals surface area contributed by atoms with E-state index in [4.69, 9.17) is 0 Å². The molecule has 1 N–H and O–H groups in total. The van der Waals surface area contributed by atoms with Crippen molar-refractivity contribution >= 4 is 30.3 Å². The Balaban J connectivity index is 1.74. The van der Waals surface area contributed by atoms with Gasteiger partial charge in [0.1, 0.15) is 0 Å². The Morgan fingerprint density at radius 1 is 1.41 bits per heavy atom.